The Morgan fingerprint density at radius 3 is 2.54 bits per heavy atom. The van der Waals surface area contributed by atoms with Crippen LogP contribution in [0.15, 0.2) is 48.7 Å². The van der Waals surface area contributed by atoms with Crippen molar-refractivity contribution in [2.75, 3.05) is 6.61 Å². The van der Waals surface area contributed by atoms with Gasteiger partial charge in [-0.3, -0.25) is 5.10 Å². The molecule has 5 N–H and O–H groups in total. The average molecular weight is 380 g/mol. The molecule has 0 radical (unpaired) electrons. The molecule has 0 unspecified atom stereocenters. The Balaban J connectivity index is 1.72. The van der Waals surface area contributed by atoms with E-state index < -0.39 is 37.1 Å². The Labute approximate surface area is 161 Å². The maximum absolute atomic E-state index is 10.2. The van der Waals surface area contributed by atoms with Gasteiger partial charge in [0.2, 0.25) is 0 Å². The average Bonchev–Trinajstić information content (AvgIpc) is 3.21. The standard InChI is InChI=1S/C21H20N2O5/c24-11-17-20(26)21(27)19(25)16(28-17)7-6-13-8-14(12-4-2-1-3-5-12)9-15-10-22-23-18(13)15/h1-5,8-10,16-17,19-21,24-27H,11H2,(H,22,23)/t16-,17-,19-,20-,21-/m1/s1. The van der Waals surface area contributed by atoms with Crippen LogP contribution in [0.5, 0.6) is 0 Å². The van der Waals surface area contributed by atoms with E-state index in [0.29, 0.717) is 5.56 Å². The van der Waals surface area contributed by atoms with E-state index in [9.17, 15) is 20.4 Å². The topological polar surface area (TPSA) is 119 Å². The lowest BCUT2D eigenvalue weighted by molar-refractivity contribution is -0.214. The first-order chi connectivity index (χ1) is 13.6. The van der Waals surface area contributed by atoms with Gasteiger partial charge in [0.05, 0.1) is 23.9 Å². The first-order valence-corrected chi connectivity index (χ1v) is 8.93. The fourth-order valence-electron chi connectivity index (χ4n) is 3.32. The Morgan fingerprint density at radius 1 is 1.00 bits per heavy atom. The second-order valence-corrected chi connectivity index (χ2v) is 6.74. The van der Waals surface area contributed by atoms with Gasteiger partial charge in [-0.05, 0) is 23.3 Å². The number of benzene rings is 2. The zero-order valence-corrected chi connectivity index (χ0v) is 14.9. The molecular formula is C21H20N2O5. The monoisotopic (exact) mass is 380 g/mol. The fraction of sp³-hybridized carbons (Fsp3) is 0.286. The lowest BCUT2D eigenvalue weighted by Crippen LogP contribution is -2.58. The van der Waals surface area contributed by atoms with E-state index in [-0.39, 0.29) is 0 Å². The summed E-state index contributed by atoms with van der Waals surface area (Å²) in [6.07, 6.45) is -4.57. The number of H-pyrrole nitrogens is 1. The number of hydrogen-bond acceptors (Lipinski definition) is 6. The predicted octanol–water partition coefficient (Wildman–Crippen LogP) is 0.424. The summed E-state index contributed by atoms with van der Waals surface area (Å²) in [4.78, 5) is 0. The summed E-state index contributed by atoms with van der Waals surface area (Å²) >= 11 is 0. The molecule has 3 aromatic rings. The van der Waals surface area contributed by atoms with E-state index in [2.05, 4.69) is 22.0 Å². The van der Waals surface area contributed by atoms with Gasteiger partial charge in [0.25, 0.3) is 0 Å². The number of fused-ring (bicyclic) bond motifs is 1. The van der Waals surface area contributed by atoms with Gasteiger partial charge in [0.15, 0.2) is 0 Å². The van der Waals surface area contributed by atoms with Crippen molar-refractivity contribution in [2.45, 2.75) is 30.5 Å². The van der Waals surface area contributed by atoms with Gasteiger partial charge in [-0.25, -0.2) is 0 Å². The van der Waals surface area contributed by atoms with Gasteiger partial charge in [-0.15, -0.1) is 0 Å². The highest BCUT2D eigenvalue weighted by Crippen LogP contribution is 2.27. The molecular weight excluding hydrogens is 360 g/mol. The molecule has 1 aliphatic rings. The molecule has 2 aromatic carbocycles. The molecule has 4 rings (SSSR count). The molecule has 28 heavy (non-hydrogen) atoms. The van der Waals surface area contributed by atoms with E-state index in [1.54, 1.807) is 6.20 Å². The van der Waals surface area contributed by atoms with Crippen molar-refractivity contribution >= 4 is 10.9 Å². The van der Waals surface area contributed by atoms with Crippen LogP contribution < -0.4 is 0 Å². The van der Waals surface area contributed by atoms with Crippen molar-refractivity contribution in [3.8, 4) is 23.0 Å². The van der Waals surface area contributed by atoms with Crippen LogP contribution in [0.3, 0.4) is 0 Å². The van der Waals surface area contributed by atoms with Crippen molar-refractivity contribution in [1.29, 1.82) is 0 Å². The first-order valence-electron chi connectivity index (χ1n) is 8.93. The van der Waals surface area contributed by atoms with Crippen LogP contribution in [0.4, 0.5) is 0 Å². The van der Waals surface area contributed by atoms with Crippen LogP contribution >= 0.6 is 0 Å². The number of aromatic amines is 1. The van der Waals surface area contributed by atoms with Crippen molar-refractivity contribution < 1.29 is 25.2 Å². The Morgan fingerprint density at radius 2 is 1.79 bits per heavy atom. The summed E-state index contributed by atoms with van der Waals surface area (Å²) in [5.74, 6) is 5.79. The maximum Gasteiger partial charge on any atom is 0.147 e. The quantitative estimate of drug-likeness (QED) is 0.411. The number of rotatable bonds is 2. The number of aromatic nitrogens is 2. The van der Waals surface area contributed by atoms with Gasteiger partial charge in [0.1, 0.15) is 30.5 Å². The molecule has 0 spiro atoms. The summed E-state index contributed by atoms with van der Waals surface area (Å²) in [5, 5.41) is 47.2. The van der Waals surface area contributed by atoms with E-state index in [4.69, 9.17) is 4.74 Å². The fourth-order valence-corrected chi connectivity index (χ4v) is 3.32. The summed E-state index contributed by atoms with van der Waals surface area (Å²) in [5.41, 5.74) is 3.40. The van der Waals surface area contributed by atoms with Gasteiger partial charge in [-0.2, -0.15) is 5.10 Å². The molecule has 1 aromatic heterocycles. The Bertz CT molecular complexity index is 1020. The molecule has 2 heterocycles. The van der Waals surface area contributed by atoms with Crippen LogP contribution in [0.2, 0.25) is 0 Å². The third kappa shape index (κ3) is 3.40. The molecule has 5 atom stereocenters. The lowest BCUT2D eigenvalue weighted by Gasteiger charge is -2.37. The largest absolute Gasteiger partial charge is 0.394 e. The molecule has 0 amide bonds. The van der Waals surface area contributed by atoms with Crippen molar-refractivity contribution in [1.82, 2.24) is 10.2 Å². The Hall–Kier alpha value is -2.73. The normalized spacial score (nSPS) is 27.4. The van der Waals surface area contributed by atoms with Crippen molar-refractivity contribution in [3.05, 3.63) is 54.2 Å². The zero-order chi connectivity index (χ0) is 19.7. The van der Waals surface area contributed by atoms with Crippen molar-refractivity contribution in [2.24, 2.45) is 0 Å². The Kier molecular flexibility index (Phi) is 5.13. The van der Waals surface area contributed by atoms with Crippen LogP contribution in [-0.4, -0.2) is 67.8 Å². The van der Waals surface area contributed by atoms with Gasteiger partial charge in [-0.1, -0.05) is 42.2 Å². The van der Waals surface area contributed by atoms with E-state index in [1.165, 1.54) is 0 Å². The third-order valence-corrected chi connectivity index (χ3v) is 4.90. The highest BCUT2D eigenvalue weighted by molar-refractivity contribution is 5.89. The summed E-state index contributed by atoms with van der Waals surface area (Å²) in [6, 6.07) is 13.8. The molecule has 7 nitrogen and oxygen atoms in total. The van der Waals surface area contributed by atoms with Crippen molar-refractivity contribution in [3.63, 3.8) is 0 Å². The zero-order valence-electron chi connectivity index (χ0n) is 14.9. The van der Waals surface area contributed by atoms with Gasteiger partial charge in [0, 0.05) is 5.39 Å². The highest BCUT2D eigenvalue weighted by Gasteiger charge is 2.42. The molecule has 0 saturated carbocycles. The van der Waals surface area contributed by atoms with Crippen LogP contribution in [0.1, 0.15) is 5.56 Å². The minimum atomic E-state index is -1.45. The predicted molar refractivity (Wildman–Crippen MR) is 102 cm³/mol. The number of ether oxygens (including phenoxy) is 1. The molecule has 0 aliphatic carbocycles. The second-order valence-electron chi connectivity index (χ2n) is 6.74. The lowest BCUT2D eigenvalue weighted by atomic mass is 9.95. The van der Waals surface area contributed by atoms with Crippen LogP contribution in [0, 0.1) is 11.8 Å². The molecule has 1 fully saturated rings. The number of nitrogens with zero attached hydrogens (tertiary/aromatic N) is 1. The molecule has 1 aliphatic heterocycles. The summed E-state index contributed by atoms with van der Waals surface area (Å²) in [6.45, 7) is -0.489. The van der Waals surface area contributed by atoms with E-state index >= 15 is 0 Å². The molecule has 7 heteroatoms. The minimum Gasteiger partial charge on any atom is -0.394 e. The smallest absolute Gasteiger partial charge is 0.147 e. The first kappa shape index (κ1) is 18.6. The summed E-state index contributed by atoms with van der Waals surface area (Å²) < 4.78 is 5.45. The number of aliphatic hydroxyl groups excluding tert-OH is 4. The van der Waals surface area contributed by atoms with E-state index in [1.807, 2.05) is 42.5 Å². The second kappa shape index (κ2) is 7.72. The maximum atomic E-state index is 10.2. The minimum absolute atomic E-state index is 0.489. The molecule has 1 saturated heterocycles. The van der Waals surface area contributed by atoms with Gasteiger partial charge >= 0.3 is 0 Å². The van der Waals surface area contributed by atoms with Crippen LogP contribution in [-0.2, 0) is 4.74 Å². The number of hydrogen-bond donors (Lipinski definition) is 5. The number of aliphatic hydroxyl groups is 4. The summed E-state index contributed by atoms with van der Waals surface area (Å²) in [7, 11) is 0. The molecule has 0 bridgehead atoms. The molecule has 144 valence electrons. The van der Waals surface area contributed by atoms with E-state index in [0.717, 1.165) is 22.0 Å². The highest BCUT2D eigenvalue weighted by atomic mass is 16.5. The van der Waals surface area contributed by atoms with Crippen LogP contribution in [0.25, 0.3) is 22.0 Å². The van der Waals surface area contributed by atoms with Gasteiger partial charge < -0.3 is 25.2 Å². The SMILES string of the molecule is OC[C@H]1O[C@H](C#Cc2cc(-c3ccccc3)cc3cn[nH]c23)[C@@H](O)[C@@H](O)[C@@H]1O. The third-order valence-electron chi connectivity index (χ3n) is 4.90. The number of nitrogens with one attached hydrogen (secondary N) is 1.